The lowest BCUT2D eigenvalue weighted by atomic mass is 10.1. The molecule has 2 aromatic heterocycles. The van der Waals surface area contributed by atoms with Crippen LogP contribution >= 0.6 is 11.3 Å². The van der Waals surface area contributed by atoms with E-state index < -0.39 is 0 Å². The Kier molecular flexibility index (Phi) is 4.63. The van der Waals surface area contributed by atoms with E-state index in [0.29, 0.717) is 18.7 Å². The first kappa shape index (κ1) is 15.2. The molecule has 0 unspecified atom stereocenters. The van der Waals surface area contributed by atoms with Gasteiger partial charge in [0.25, 0.3) is 5.91 Å². The van der Waals surface area contributed by atoms with Crippen molar-refractivity contribution in [3.8, 4) is 11.1 Å². The molecule has 1 N–H and O–H groups in total. The number of benzene rings is 1. The summed E-state index contributed by atoms with van der Waals surface area (Å²) >= 11 is 1.64. The minimum Gasteiger partial charge on any atom is -0.350 e. The highest BCUT2D eigenvalue weighted by atomic mass is 32.1. The first-order valence-electron chi connectivity index (χ1n) is 7.16. The largest absolute Gasteiger partial charge is 0.350 e. The van der Waals surface area contributed by atoms with Gasteiger partial charge in [-0.05, 0) is 46.2 Å². The minimum absolute atomic E-state index is 0.154. The Balaban J connectivity index is 1.58. The Labute approximate surface area is 137 Å². The molecule has 5 nitrogen and oxygen atoms in total. The van der Waals surface area contributed by atoms with Crippen molar-refractivity contribution in [1.82, 2.24) is 14.9 Å². The van der Waals surface area contributed by atoms with Crippen molar-refractivity contribution in [2.45, 2.75) is 6.54 Å². The van der Waals surface area contributed by atoms with Crippen molar-refractivity contribution in [3.63, 3.8) is 0 Å². The lowest BCUT2D eigenvalue weighted by molar-refractivity contribution is 0.0952. The van der Waals surface area contributed by atoms with Crippen LogP contribution in [0.5, 0.6) is 0 Å². The maximum atomic E-state index is 12.1. The Hall–Kier alpha value is -2.73. The van der Waals surface area contributed by atoms with Crippen LogP contribution < -0.4 is 11.0 Å². The molecule has 0 fully saturated rings. The fourth-order valence-corrected chi connectivity index (χ4v) is 2.86. The van der Waals surface area contributed by atoms with Crippen molar-refractivity contribution in [2.75, 3.05) is 6.54 Å². The Bertz CT molecular complexity index is 839. The summed E-state index contributed by atoms with van der Waals surface area (Å²) in [6.07, 6.45) is 3.10. The molecule has 1 amide bonds. The molecule has 6 heteroatoms. The summed E-state index contributed by atoms with van der Waals surface area (Å²) in [4.78, 5) is 27.2. The molecule has 1 aromatic carbocycles. The SMILES string of the molecule is O=C(NCCn1cccnc1=O)c1ccc(-c2ccsc2)cc1. The average Bonchev–Trinajstić information content (AvgIpc) is 3.11. The van der Waals surface area contributed by atoms with Gasteiger partial charge in [-0.2, -0.15) is 11.3 Å². The van der Waals surface area contributed by atoms with Gasteiger partial charge in [-0.3, -0.25) is 9.36 Å². The summed E-state index contributed by atoms with van der Waals surface area (Å²) in [7, 11) is 0. The van der Waals surface area contributed by atoms with Crippen LogP contribution in [0.15, 0.2) is 64.3 Å². The first-order chi connectivity index (χ1) is 11.2. The third kappa shape index (κ3) is 3.73. The fourth-order valence-electron chi connectivity index (χ4n) is 2.19. The highest BCUT2D eigenvalue weighted by Gasteiger charge is 2.06. The summed E-state index contributed by atoms with van der Waals surface area (Å²) in [6, 6.07) is 11.2. The highest BCUT2D eigenvalue weighted by molar-refractivity contribution is 7.08. The second-order valence-corrected chi connectivity index (χ2v) is 5.72. The van der Waals surface area contributed by atoms with Crippen LogP contribution in [0, 0.1) is 0 Å². The van der Waals surface area contributed by atoms with Crippen molar-refractivity contribution < 1.29 is 4.79 Å². The van der Waals surface area contributed by atoms with Gasteiger partial charge in [-0.1, -0.05) is 12.1 Å². The zero-order valence-electron chi connectivity index (χ0n) is 12.3. The number of nitrogens with one attached hydrogen (secondary N) is 1. The number of aromatic nitrogens is 2. The van der Waals surface area contributed by atoms with E-state index in [1.165, 1.54) is 10.8 Å². The van der Waals surface area contributed by atoms with Crippen molar-refractivity contribution in [3.05, 3.63) is 75.6 Å². The van der Waals surface area contributed by atoms with E-state index in [-0.39, 0.29) is 11.6 Å². The first-order valence-corrected chi connectivity index (χ1v) is 8.10. The summed E-state index contributed by atoms with van der Waals surface area (Å²) in [5.74, 6) is -0.154. The van der Waals surface area contributed by atoms with Gasteiger partial charge in [0.2, 0.25) is 0 Å². The molecular weight excluding hydrogens is 310 g/mol. The molecule has 0 aliphatic heterocycles. The van der Waals surface area contributed by atoms with E-state index in [2.05, 4.69) is 15.7 Å². The van der Waals surface area contributed by atoms with Crippen LogP contribution in [-0.2, 0) is 6.54 Å². The zero-order valence-corrected chi connectivity index (χ0v) is 13.1. The van der Waals surface area contributed by atoms with Crippen LogP contribution in [-0.4, -0.2) is 22.0 Å². The molecule has 0 aliphatic carbocycles. The van der Waals surface area contributed by atoms with Gasteiger partial charge in [0.15, 0.2) is 0 Å². The topological polar surface area (TPSA) is 64.0 Å². The third-order valence-electron chi connectivity index (χ3n) is 3.42. The molecule has 0 spiro atoms. The van der Waals surface area contributed by atoms with Gasteiger partial charge in [0.05, 0.1) is 0 Å². The number of carbonyl (C=O) groups is 1. The number of thiophene rings is 1. The van der Waals surface area contributed by atoms with Gasteiger partial charge in [0, 0.05) is 31.0 Å². The quantitative estimate of drug-likeness (QED) is 0.783. The predicted octanol–water partition coefficient (Wildman–Crippen LogP) is 2.40. The van der Waals surface area contributed by atoms with Gasteiger partial charge in [-0.25, -0.2) is 9.78 Å². The van der Waals surface area contributed by atoms with E-state index in [0.717, 1.165) is 11.1 Å². The number of rotatable bonds is 5. The third-order valence-corrected chi connectivity index (χ3v) is 4.11. The van der Waals surface area contributed by atoms with Crippen LogP contribution in [0.4, 0.5) is 0 Å². The van der Waals surface area contributed by atoms with Crippen molar-refractivity contribution in [2.24, 2.45) is 0 Å². The summed E-state index contributed by atoms with van der Waals surface area (Å²) in [5, 5.41) is 6.90. The molecule has 0 saturated heterocycles. The second kappa shape index (κ2) is 7.02. The second-order valence-electron chi connectivity index (χ2n) is 4.94. The van der Waals surface area contributed by atoms with E-state index >= 15 is 0 Å². The summed E-state index contributed by atoms with van der Waals surface area (Å²) in [5.41, 5.74) is 2.52. The standard InChI is InChI=1S/C17H15N3O2S/c21-16(18-8-10-20-9-1-7-19-17(20)22)14-4-2-13(3-5-14)15-6-11-23-12-15/h1-7,9,11-12H,8,10H2,(H,18,21). The van der Waals surface area contributed by atoms with Gasteiger partial charge >= 0.3 is 5.69 Å². The Morgan fingerprint density at radius 2 is 2.00 bits per heavy atom. The maximum absolute atomic E-state index is 12.1. The normalized spacial score (nSPS) is 10.4. The number of nitrogens with zero attached hydrogens (tertiary/aromatic N) is 2. The zero-order chi connectivity index (χ0) is 16.1. The lowest BCUT2D eigenvalue weighted by Crippen LogP contribution is -2.31. The smallest absolute Gasteiger partial charge is 0.347 e. The van der Waals surface area contributed by atoms with Crippen LogP contribution in [0.1, 0.15) is 10.4 Å². The van der Waals surface area contributed by atoms with Crippen LogP contribution in [0.25, 0.3) is 11.1 Å². The van der Waals surface area contributed by atoms with E-state index in [4.69, 9.17) is 0 Å². The summed E-state index contributed by atoms with van der Waals surface area (Å²) < 4.78 is 1.46. The summed E-state index contributed by atoms with van der Waals surface area (Å²) in [6.45, 7) is 0.766. The van der Waals surface area contributed by atoms with E-state index in [9.17, 15) is 9.59 Å². The molecule has 0 bridgehead atoms. The highest BCUT2D eigenvalue weighted by Crippen LogP contribution is 2.22. The monoisotopic (exact) mass is 325 g/mol. The minimum atomic E-state index is -0.318. The molecule has 0 aliphatic rings. The molecule has 3 aromatic rings. The Morgan fingerprint density at radius 1 is 1.17 bits per heavy atom. The molecule has 116 valence electrons. The van der Waals surface area contributed by atoms with Crippen molar-refractivity contribution >= 4 is 17.2 Å². The molecule has 0 atom stereocenters. The number of hydrogen-bond acceptors (Lipinski definition) is 4. The van der Waals surface area contributed by atoms with Crippen LogP contribution in [0.3, 0.4) is 0 Å². The molecule has 23 heavy (non-hydrogen) atoms. The molecule has 0 radical (unpaired) electrons. The van der Waals surface area contributed by atoms with E-state index in [1.54, 1.807) is 35.7 Å². The lowest BCUT2D eigenvalue weighted by Gasteiger charge is -2.07. The number of carbonyl (C=O) groups excluding carboxylic acids is 1. The number of amides is 1. The number of hydrogen-bond donors (Lipinski definition) is 1. The van der Waals surface area contributed by atoms with E-state index in [1.807, 2.05) is 23.6 Å². The molecule has 0 saturated carbocycles. The predicted molar refractivity (Wildman–Crippen MR) is 90.6 cm³/mol. The maximum Gasteiger partial charge on any atom is 0.347 e. The van der Waals surface area contributed by atoms with Crippen molar-refractivity contribution in [1.29, 1.82) is 0 Å². The van der Waals surface area contributed by atoms with Gasteiger partial charge < -0.3 is 5.32 Å². The Morgan fingerprint density at radius 3 is 2.70 bits per heavy atom. The van der Waals surface area contributed by atoms with Gasteiger partial charge in [0.1, 0.15) is 0 Å². The van der Waals surface area contributed by atoms with Crippen LogP contribution in [0.2, 0.25) is 0 Å². The molecule has 3 rings (SSSR count). The van der Waals surface area contributed by atoms with Gasteiger partial charge in [-0.15, -0.1) is 0 Å². The molecule has 2 heterocycles. The fraction of sp³-hybridized carbons (Fsp3) is 0.118. The average molecular weight is 325 g/mol. The molecular formula is C17H15N3O2S.